The van der Waals surface area contributed by atoms with Gasteiger partial charge in [0.05, 0.1) is 11.2 Å². The third-order valence-electron chi connectivity index (χ3n) is 2.36. The summed E-state index contributed by atoms with van der Waals surface area (Å²) < 4.78 is 13.7. The Labute approximate surface area is 92.5 Å². The normalized spacial score (nSPS) is 12.3. The van der Waals surface area contributed by atoms with Crippen molar-refractivity contribution < 1.29 is 4.39 Å². The predicted molar refractivity (Wildman–Crippen MR) is 59.8 cm³/mol. The van der Waals surface area contributed by atoms with Crippen molar-refractivity contribution in [2.24, 2.45) is 0 Å². The molecule has 0 saturated carbocycles. The molecule has 2 aromatic rings. The highest BCUT2D eigenvalue weighted by Gasteiger charge is 2.24. The van der Waals surface area contributed by atoms with Crippen LogP contribution >= 0.6 is 11.6 Å². The molecular weight excluding hydrogens is 215 g/mol. The van der Waals surface area contributed by atoms with Crippen molar-refractivity contribution in [1.29, 1.82) is 0 Å². The standard InChI is InChI=1S/C11H12ClFN2/c1-11(2,3)9-7(13)5-15-10-8(9)6(12)4-14-10/h4-5H,1-3H3,(H,14,15). The SMILES string of the molecule is CC(C)(C)c1c(F)cnc2[nH]cc(Cl)c12. The largest absolute Gasteiger partial charge is 0.345 e. The maximum atomic E-state index is 13.7. The molecule has 0 radical (unpaired) electrons. The van der Waals surface area contributed by atoms with Gasteiger partial charge >= 0.3 is 0 Å². The van der Waals surface area contributed by atoms with E-state index in [0.717, 1.165) is 0 Å². The number of H-pyrrole nitrogens is 1. The van der Waals surface area contributed by atoms with Crippen LogP contribution in [0.4, 0.5) is 4.39 Å². The van der Waals surface area contributed by atoms with Crippen molar-refractivity contribution >= 4 is 22.6 Å². The summed E-state index contributed by atoms with van der Waals surface area (Å²) in [4.78, 5) is 6.88. The molecule has 0 unspecified atom stereocenters. The van der Waals surface area contributed by atoms with Crippen molar-refractivity contribution in [2.45, 2.75) is 26.2 Å². The quantitative estimate of drug-likeness (QED) is 0.730. The van der Waals surface area contributed by atoms with E-state index < -0.39 is 0 Å². The predicted octanol–water partition coefficient (Wildman–Crippen LogP) is 3.65. The molecule has 80 valence electrons. The van der Waals surface area contributed by atoms with Crippen LogP contribution in [-0.2, 0) is 5.41 Å². The van der Waals surface area contributed by atoms with Crippen molar-refractivity contribution in [2.75, 3.05) is 0 Å². The lowest BCUT2D eigenvalue weighted by atomic mass is 9.85. The molecule has 2 nitrogen and oxygen atoms in total. The molecule has 0 fully saturated rings. The van der Waals surface area contributed by atoms with Crippen LogP contribution < -0.4 is 0 Å². The van der Waals surface area contributed by atoms with Crippen LogP contribution in [0.15, 0.2) is 12.4 Å². The van der Waals surface area contributed by atoms with Gasteiger partial charge in [0.2, 0.25) is 0 Å². The molecule has 0 spiro atoms. The second-order valence-electron chi connectivity index (χ2n) is 4.59. The van der Waals surface area contributed by atoms with E-state index in [1.807, 2.05) is 20.8 Å². The zero-order valence-corrected chi connectivity index (χ0v) is 9.61. The van der Waals surface area contributed by atoms with Gasteiger partial charge in [-0.1, -0.05) is 32.4 Å². The lowest BCUT2D eigenvalue weighted by Crippen LogP contribution is -2.14. The molecule has 0 atom stereocenters. The smallest absolute Gasteiger partial charge is 0.146 e. The van der Waals surface area contributed by atoms with Crippen molar-refractivity contribution in [3.05, 3.63) is 28.8 Å². The van der Waals surface area contributed by atoms with Gasteiger partial charge in [-0.25, -0.2) is 9.37 Å². The number of pyridine rings is 1. The number of nitrogens with one attached hydrogen (secondary N) is 1. The van der Waals surface area contributed by atoms with E-state index in [0.29, 0.717) is 21.6 Å². The lowest BCUT2D eigenvalue weighted by molar-refractivity contribution is 0.525. The molecule has 2 aromatic heterocycles. The Balaban J connectivity index is 2.90. The first-order chi connectivity index (χ1) is 6.91. The highest BCUT2D eigenvalue weighted by molar-refractivity contribution is 6.35. The summed E-state index contributed by atoms with van der Waals surface area (Å²) >= 11 is 6.02. The third-order valence-corrected chi connectivity index (χ3v) is 2.66. The molecule has 0 aliphatic heterocycles. The van der Waals surface area contributed by atoms with Gasteiger partial charge < -0.3 is 4.98 Å². The first kappa shape index (κ1) is 10.4. The van der Waals surface area contributed by atoms with E-state index in [2.05, 4.69) is 9.97 Å². The van der Waals surface area contributed by atoms with E-state index in [1.165, 1.54) is 6.20 Å². The highest BCUT2D eigenvalue weighted by atomic mass is 35.5. The number of aromatic amines is 1. The van der Waals surface area contributed by atoms with E-state index >= 15 is 0 Å². The van der Waals surface area contributed by atoms with Gasteiger partial charge in [-0.15, -0.1) is 0 Å². The minimum absolute atomic E-state index is 0.295. The van der Waals surface area contributed by atoms with E-state index in [1.54, 1.807) is 6.20 Å². The summed E-state index contributed by atoms with van der Waals surface area (Å²) in [6.45, 7) is 5.86. The molecule has 15 heavy (non-hydrogen) atoms. The molecule has 0 aliphatic rings. The topological polar surface area (TPSA) is 28.7 Å². The summed E-state index contributed by atoms with van der Waals surface area (Å²) in [6, 6.07) is 0. The molecule has 0 aromatic carbocycles. The fraction of sp³-hybridized carbons (Fsp3) is 0.364. The Morgan fingerprint density at radius 3 is 2.67 bits per heavy atom. The zero-order valence-electron chi connectivity index (χ0n) is 8.86. The minimum Gasteiger partial charge on any atom is -0.345 e. The van der Waals surface area contributed by atoms with Gasteiger partial charge in [0.15, 0.2) is 0 Å². The number of hydrogen-bond acceptors (Lipinski definition) is 1. The summed E-state index contributed by atoms with van der Waals surface area (Å²) in [5.74, 6) is -0.309. The first-order valence-electron chi connectivity index (χ1n) is 4.73. The number of hydrogen-bond donors (Lipinski definition) is 1. The number of halogens is 2. The number of nitrogens with zero attached hydrogens (tertiary/aromatic N) is 1. The van der Waals surface area contributed by atoms with Crippen LogP contribution in [0.1, 0.15) is 26.3 Å². The minimum atomic E-state index is -0.309. The molecule has 1 N–H and O–H groups in total. The first-order valence-corrected chi connectivity index (χ1v) is 5.10. The summed E-state index contributed by atoms with van der Waals surface area (Å²) in [7, 11) is 0. The van der Waals surface area contributed by atoms with Gasteiger partial charge in [-0.3, -0.25) is 0 Å². The molecule has 4 heteroatoms. The molecule has 0 aliphatic carbocycles. The summed E-state index contributed by atoms with van der Waals surface area (Å²) in [5.41, 5.74) is 0.946. The summed E-state index contributed by atoms with van der Waals surface area (Å²) in [6.07, 6.45) is 2.86. The number of aromatic nitrogens is 2. The molecule has 2 heterocycles. The highest BCUT2D eigenvalue weighted by Crippen LogP contribution is 2.34. The van der Waals surface area contributed by atoms with Gasteiger partial charge in [0.1, 0.15) is 11.5 Å². The lowest BCUT2D eigenvalue weighted by Gasteiger charge is -2.20. The Bertz CT molecular complexity index is 511. The summed E-state index contributed by atoms with van der Waals surface area (Å²) in [5, 5.41) is 1.20. The maximum Gasteiger partial charge on any atom is 0.146 e. The number of fused-ring (bicyclic) bond motifs is 1. The van der Waals surface area contributed by atoms with E-state index in [9.17, 15) is 4.39 Å². The van der Waals surface area contributed by atoms with Gasteiger partial charge in [0, 0.05) is 17.1 Å². The van der Waals surface area contributed by atoms with Gasteiger partial charge in [-0.05, 0) is 5.41 Å². The Kier molecular flexibility index (Phi) is 2.23. The van der Waals surface area contributed by atoms with E-state index in [4.69, 9.17) is 11.6 Å². The molecule has 0 saturated heterocycles. The molecular formula is C11H12ClFN2. The number of rotatable bonds is 0. The fourth-order valence-electron chi connectivity index (χ4n) is 1.77. The third kappa shape index (κ3) is 1.61. The van der Waals surface area contributed by atoms with Crippen LogP contribution in [0.2, 0.25) is 5.02 Å². The van der Waals surface area contributed by atoms with Crippen molar-refractivity contribution in [3.8, 4) is 0 Å². The van der Waals surface area contributed by atoms with E-state index in [-0.39, 0.29) is 11.2 Å². The Morgan fingerprint density at radius 1 is 1.40 bits per heavy atom. The monoisotopic (exact) mass is 226 g/mol. The van der Waals surface area contributed by atoms with Gasteiger partial charge in [0.25, 0.3) is 0 Å². The van der Waals surface area contributed by atoms with Gasteiger partial charge in [-0.2, -0.15) is 0 Å². The van der Waals surface area contributed by atoms with Crippen molar-refractivity contribution in [1.82, 2.24) is 9.97 Å². The zero-order chi connectivity index (χ0) is 11.2. The van der Waals surface area contributed by atoms with Crippen LogP contribution in [0.3, 0.4) is 0 Å². The second-order valence-corrected chi connectivity index (χ2v) is 5.00. The Hall–Kier alpha value is -1.09. The molecule has 2 rings (SSSR count). The Morgan fingerprint density at radius 2 is 2.07 bits per heavy atom. The average Bonchev–Trinajstić information content (AvgIpc) is 2.46. The van der Waals surface area contributed by atoms with Crippen LogP contribution in [0.5, 0.6) is 0 Å². The van der Waals surface area contributed by atoms with Crippen LogP contribution in [-0.4, -0.2) is 9.97 Å². The molecule has 0 amide bonds. The van der Waals surface area contributed by atoms with Crippen molar-refractivity contribution in [3.63, 3.8) is 0 Å². The molecule has 0 bridgehead atoms. The fourth-order valence-corrected chi connectivity index (χ4v) is 2.01. The maximum absolute atomic E-state index is 13.7. The van der Waals surface area contributed by atoms with Crippen LogP contribution in [0.25, 0.3) is 11.0 Å². The average molecular weight is 227 g/mol. The second kappa shape index (κ2) is 3.20. The van der Waals surface area contributed by atoms with Crippen LogP contribution in [0, 0.1) is 5.82 Å².